The average molecular weight is 564 g/mol. The molecule has 2 aromatic rings. The molecule has 2 saturated carbocycles. The summed E-state index contributed by atoms with van der Waals surface area (Å²) in [5.41, 5.74) is -2.34. The molecular weight excluding hydrogens is 539 g/mol. The summed E-state index contributed by atoms with van der Waals surface area (Å²) in [5, 5.41) is 41.7. The van der Waals surface area contributed by atoms with Crippen LogP contribution in [0.15, 0.2) is 35.2 Å². The lowest BCUT2D eigenvalue weighted by Gasteiger charge is -2.46. The van der Waals surface area contributed by atoms with E-state index in [1.54, 1.807) is 0 Å². The van der Waals surface area contributed by atoms with E-state index in [-0.39, 0.29) is 34.0 Å². The standard InChI is InChI=1S/C24H25ClF3NO7S/c25-16-4-1-11(23(33)29-14-8-17(26)21(28)18(27)9-14)5-20(16)37(35,36)15-6-12-2-3-13(7-15)24(12,34)22(32)19(31)10-30/h1,4-5,8-9,12-13,15,19,22,30-32,34H,2-3,6-7,10H2,(H,29,33)/t12-,13+,15?,19-,22+,24?/m0/s1. The van der Waals surface area contributed by atoms with E-state index in [0.717, 1.165) is 6.07 Å². The normalized spacial score (nSPS) is 27.1. The van der Waals surface area contributed by atoms with Crippen LogP contribution in [0.5, 0.6) is 0 Å². The quantitative estimate of drug-likeness (QED) is 0.325. The predicted octanol–water partition coefficient (Wildman–Crippen LogP) is 2.42. The first-order chi connectivity index (χ1) is 17.3. The number of fused-ring (bicyclic) bond motifs is 2. The molecule has 6 atom stereocenters. The predicted molar refractivity (Wildman–Crippen MR) is 126 cm³/mol. The fourth-order valence-corrected chi connectivity index (χ4v) is 7.96. The minimum atomic E-state index is -4.15. The van der Waals surface area contributed by atoms with Gasteiger partial charge in [-0.15, -0.1) is 0 Å². The molecule has 0 saturated heterocycles. The van der Waals surface area contributed by atoms with E-state index in [1.807, 2.05) is 0 Å². The van der Waals surface area contributed by atoms with Gasteiger partial charge in [-0.05, 0) is 55.7 Å². The molecule has 0 radical (unpaired) electrons. The van der Waals surface area contributed by atoms with Crippen LogP contribution in [0.4, 0.5) is 18.9 Å². The van der Waals surface area contributed by atoms with Gasteiger partial charge in [0.25, 0.3) is 5.91 Å². The van der Waals surface area contributed by atoms with E-state index in [9.17, 15) is 46.8 Å². The van der Waals surface area contributed by atoms with Gasteiger partial charge in [0.05, 0.1) is 27.4 Å². The largest absolute Gasteiger partial charge is 0.394 e. The second-order valence-corrected chi connectivity index (χ2v) is 12.1. The molecule has 1 amide bonds. The Hall–Kier alpha value is -2.22. The smallest absolute Gasteiger partial charge is 0.255 e. The summed E-state index contributed by atoms with van der Waals surface area (Å²) in [7, 11) is -4.15. The fraction of sp³-hybridized carbons (Fsp3) is 0.458. The Bertz CT molecular complexity index is 1290. The maximum atomic E-state index is 13.6. The summed E-state index contributed by atoms with van der Waals surface area (Å²) in [6.45, 7) is -0.772. The van der Waals surface area contributed by atoms with Gasteiger partial charge in [0.2, 0.25) is 0 Å². The SMILES string of the molecule is O=C(Nc1cc(F)c(F)c(F)c1)c1ccc(Cl)c(S(=O)(=O)C2C[C@H]3CC[C@@H](C2)C3(O)[C@H](O)[C@@H](O)CO)c1. The van der Waals surface area contributed by atoms with Gasteiger partial charge in [0.15, 0.2) is 27.3 Å². The number of carbonyl (C=O) groups is 1. The molecule has 5 N–H and O–H groups in total. The number of benzene rings is 2. The van der Waals surface area contributed by atoms with Gasteiger partial charge in [0, 0.05) is 23.4 Å². The third-order valence-electron chi connectivity index (χ3n) is 7.47. The van der Waals surface area contributed by atoms with Gasteiger partial charge in [-0.2, -0.15) is 0 Å². The van der Waals surface area contributed by atoms with Crippen LogP contribution >= 0.6 is 11.6 Å². The molecule has 2 aliphatic carbocycles. The molecule has 0 aromatic heterocycles. The van der Waals surface area contributed by atoms with Gasteiger partial charge in [-0.25, -0.2) is 21.6 Å². The number of nitrogens with one attached hydrogen (secondary N) is 1. The molecule has 0 heterocycles. The molecule has 2 fully saturated rings. The van der Waals surface area contributed by atoms with Crippen molar-refractivity contribution in [2.75, 3.05) is 11.9 Å². The highest BCUT2D eigenvalue weighted by Gasteiger charge is 2.60. The van der Waals surface area contributed by atoms with Crippen LogP contribution in [-0.4, -0.2) is 64.4 Å². The Morgan fingerprint density at radius 1 is 1.08 bits per heavy atom. The van der Waals surface area contributed by atoms with Crippen molar-refractivity contribution in [1.82, 2.24) is 0 Å². The van der Waals surface area contributed by atoms with Crippen molar-refractivity contribution in [1.29, 1.82) is 0 Å². The zero-order chi connectivity index (χ0) is 27.3. The lowest BCUT2D eigenvalue weighted by atomic mass is 9.70. The number of aliphatic hydroxyl groups is 4. The van der Waals surface area contributed by atoms with Crippen molar-refractivity contribution in [2.24, 2.45) is 11.8 Å². The molecule has 8 nitrogen and oxygen atoms in total. The lowest BCUT2D eigenvalue weighted by molar-refractivity contribution is -0.181. The number of aliphatic hydroxyl groups excluding tert-OH is 3. The number of hydrogen-bond acceptors (Lipinski definition) is 7. The first kappa shape index (κ1) is 27.8. The van der Waals surface area contributed by atoms with E-state index in [0.29, 0.717) is 25.0 Å². The minimum Gasteiger partial charge on any atom is -0.394 e. The number of rotatable bonds is 7. The summed E-state index contributed by atoms with van der Waals surface area (Å²) in [5.74, 6) is -7.00. The van der Waals surface area contributed by atoms with Crippen molar-refractivity contribution >= 4 is 33.0 Å². The number of halogens is 4. The van der Waals surface area contributed by atoms with E-state index >= 15 is 0 Å². The fourth-order valence-electron chi connectivity index (χ4n) is 5.56. The van der Waals surface area contributed by atoms with E-state index in [2.05, 4.69) is 5.32 Å². The molecule has 13 heteroatoms. The van der Waals surface area contributed by atoms with Gasteiger partial charge in [-0.1, -0.05) is 11.6 Å². The molecule has 2 aromatic carbocycles. The van der Waals surface area contributed by atoms with Crippen LogP contribution in [-0.2, 0) is 9.84 Å². The van der Waals surface area contributed by atoms with Gasteiger partial charge >= 0.3 is 0 Å². The van der Waals surface area contributed by atoms with E-state index in [1.165, 1.54) is 12.1 Å². The Morgan fingerprint density at radius 2 is 1.65 bits per heavy atom. The van der Waals surface area contributed by atoms with Gasteiger partial charge < -0.3 is 25.7 Å². The zero-order valence-electron chi connectivity index (χ0n) is 19.2. The van der Waals surface area contributed by atoms with Crippen LogP contribution < -0.4 is 5.32 Å². The van der Waals surface area contributed by atoms with Crippen LogP contribution in [0, 0.1) is 29.3 Å². The van der Waals surface area contributed by atoms with Crippen molar-refractivity contribution in [3.8, 4) is 0 Å². The highest BCUT2D eigenvalue weighted by Crippen LogP contribution is 2.54. The topological polar surface area (TPSA) is 144 Å². The molecule has 0 spiro atoms. The van der Waals surface area contributed by atoms with Crippen LogP contribution in [0.2, 0.25) is 5.02 Å². The maximum Gasteiger partial charge on any atom is 0.255 e. The first-order valence-corrected chi connectivity index (χ1v) is 13.4. The van der Waals surface area contributed by atoms with Crippen molar-refractivity contribution < 1.29 is 46.8 Å². The first-order valence-electron chi connectivity index (χ1n) is 11.5. The number of sulfone groups is 1. The highest BCUT2D eigenvalue weighted by molar-refractivity contribution is 7.92. The molecule has 2 unspecified atom stereocenters. The number of anilines is 1. The zero-order valence-corrected chi connectivity index (χ0v) is 20.8. The molecule has 4 rings (SSSR count). The molecule has 2 aliphatic rings. The third-order valence-corrected chi connectivity index (χ3v) is 10.1. The summed E-state index contributed by atoms with van der Waals surface area (Å²) in [4.78, 5) is 12.3. The third kappa shape index (κ3) is 4.86. The maximum absolute atomic E-state index is 13.6. The number of hydrogen-bond donors (Lipinski definition) is 5. The summed E-state index contributed by atoms with van der Waals surface area (Å²) in [6.07, 6.45) is -2.53. The average Bonchev–Trinajstić information content (AvgIpc) is 3.02. The van der Waals surface area contributed by atoms with Gasteiger partial charge in [-0.3, -0.25) is 4.79 Å². The Balaban J connectivity index is 1.59. The molecular formula is C24H25ClF3NO7S. The molecule has 2 bridgehead atoms. The summed E-state index contributed by atoms with van der Waals surface area (Å²) in [6, 6.07) is 4.57. The van der Waals surface area contributed by atoms with Gasteiger partial charge in [0.1, 0.15) is 12.2 Å². The van der Waals surface area contributed by atoms with Crippen molar-refractivity contribution in [3.05, 3.63) is 58.4 Å². The van der Waals surface area contributed by atoms with E-state index < -0.39 is 74.7 Å². The summed E-state index contributed by atoms with van der Waals surface area (Å²) < 4.78 is 67.3. The van der Waals surface area contributed by atoms with Crippen molar-refractivity contribution in [3.63, 3.8) is 0 Å². The van der Waals surface area contributed by atoms with Crippen molar-refractivity contribution in [2.45, 2.75) is 53.6 Å². The molecule has 37 heavy (non-hydrogen) atoms. The Labute approximate surface area is 215 Å². The van der Waals surface area contributed by atoms with Crippen LogP contribution in [0.1, 0.15) is 36.0 Å². The van der Waals surface area contributed by atoms with Crippen LogP contribution in [0.3, 0.4) is 0 Å². The lowest BCUT2D eigenvalue weighted by Crippen LogP contribution is -2.59. The van der Waals surface area contributed by atoms with E-state index in [4.69, 9.17) is 11.6 Å². The molecule has 0 aliphatic heterocycles. The second kappa shape index (κ2) is 10.2. The van der Waals surface area contributed by atoms with Crippen LogP contribution in [0.25, 0.3) is 0 Å². The minimum absolute atomic E-state index is 0.0502. The Kier molecular flexibility index (Phi) is 7.63. The molecule has 202 valence electrons. The summed E-state index contributed by atoms with van der Waals surface area (Å²) >= 11 is 6.18. The highest BCUT2D eigenvalue weighted by atomic mass is 35.5. The monoisotopic (exact) mass is 563 g/mol. The Morgan fingerprint density at radius 3 is 2.19 bits per heavy atom. The second-order valence-electron chi connectivity index (χ2n) is 9.54. The number of carbonyl (C=O) groups excluding carboxylic acids is 1. The number of amides is 1.